The maximum atomic E-state index is 14.0. The number of pyridine rings is 1. The number of esters is 1. The molecule has 0 aliphatic heterocycles. The molecule has 0 saturated carbocycles. The van der Waals surface area contributed by atoms with Gasteiger partial charge in [-0.05, 0) is 25.1 Å². The Bertz CT molecular complexity index is 1140. The Labute approximate surface area is 163 Å². The van der Waals surface area contributed by atoms with E-state index in [4.69, 9.17) is 4.74 Å². The van der Waals surface area contributed by atoms with Gasteiger partial charge in [0.05, 0.1) is 29.6 Å². The number of benzene rings is 2. The number of aliphatic hydroxyl groups is 1. The lowest BCUT2D eigenvalue weighted by atomic mass is 10.1. The molecule has 29 heavy (non-hydrogen) atoms. The molecule has 0 atom stereocenters. The van der Waals surface area contributed by atoms with Gasteiger partial charge in [0.1, 0.15) is 17.1 Å². The third kappa shape index (κ3) is 4.43. The second kappa shape index (κ2) is 8.55. The zero-order valence-corrected chi connectivity index (χ0v) is 15.2. The fourth-order valence-corrected chi connectivity index (χ4v) is 2.54. The Morgan fingerprint density at radius 2 is 1.86 bits per heavy atom. The van der Waals surface area contributed by atoms with Crippen LogP contribution in [0, 0.1) is 17.5 Å². The number of fused-ring (bicyclic) bond motifs is 1. The molecule has 0 saturated heterocycles. The maximum absolute atomic E-state index is 14.0. The van der Waals surface area contributed by atoms with Crippen molar-refractivity contribution in [2.24, 2.45) is 4.99 Å². The van der Waals surface area contributed by atoms with E-state index in [0.29, 0.717) is 11.8 Å². The molecule has 0 fully saturated rings. The number of carbonyl (C=O) groups excluding carboxylic acids is 1. The van der Waals surface area contributed by atoms with Crippen molar-refractivity contribution in [3.05, 3.63) is 77.2 Å². The largest absolute Gasteiger partial charge is 0.506 e. The summed E-state index contributed by atoms with van der Waals surface area (Å²) in [6.07, 6.45) is 2.40. The summed E-state index contributed by atoms with van der Waals surface area (Å²) in [5.41, 5.74) is -0.136. The van der Waals surface area contributed by atoms with Crippen LogP contribution in [0.3, 0.4) is 0 Å². The first-order valence-corrected chi connectivity index (χ1v) is 8.54. The number of rotatable bonds is 5. The minimum Gasteiger partial charge on any atom is -0.506 e. The van der Waals surface area contributed by atoms with E-state index >= 15 is 0 Å². The number of para-hydroxylation sites is 1. The van der Waals surface area contributed by atoms with E-state index in [0.717, 1.165) is 17.1 Å². The predicted octanol–water partition coefficient (Wildman–Crippen LogP) is 4.89. The minimum atomic E-state index is -1.42. The molecule has 0 aliphatic rings. The fourth-order valence-electron chi connectivity index (χ4n) is 2.54. The average Bonchev–Trinajstić information content (AvgIpc) is 2.70. The van der Waals surface area contributed by atoms with Crippen LogP contribution in [0.25, 0.3) is 16.7 Å². The van der Waals surface area contributed by atoms with E-state index in [9.17, 15) is 23.1 Å². The second-order valence-electron chi connectivity index (χ2n) is 5.87. The monoisotopic (exact) mass is 400 g/mol. The summed E-state index contributed by atoms with van der Waals surface area (Å²) in [4.78, 5) is 20.5. The first-order valence-electron chi connectivity index (χ1n) is 8.54. The minimum absolute atomic E-state index is 0.0265. The van der Waals surface area contributed by atoms with Gasteiger partial charge in [-0.25, -0.2) is 18.0 Å². The van der Waals surface area contributed by atoms with Gasteiger partial charge in [0.2, 0.25) is 0 Å². The van der Waals surface area contributed by atoms with Crippen LogP contribution in [0.15, 0.2) is 59.2 Å². The van der Waals surface area contributed by atoms with Crippen LogP contribution in [0.4, 0.5) is 18.9 Å². The van der Waals surface area contributed by atoms with E-state index in [-0.39, 0.29) is 12.7 Å². The lowest BCUT2D eigenvalue weighted by Crippen LogP contribution is -2.12. The SMILES string of the molecule is CCOC(=O)/C(C=Nc1cnc2ccccc2c1)=C(\O)c1cc(F)c(F)cc1F. The first-order chi connectivity index (χ1) is 13.9. The molecule has 0 bridgehead atoms. The summed E-state index contributed by atoms with van der Waals surface area (Å²) < 4.78 is 45.5. The molecule has 8 heteroatoms. The number of halogens is 3. The molecule has 2 aromatic carbocycles. The molecule has 0 radical (unpaired) electrons. The van der Waals surface area contributed by atoms with Crippen molar-refractivity contribution in [3.63, 3.8) is 0 Å². The Kier molecular flexibility index (Phi) is 5.92. The van der Waals surface area contributed by atoms with Crippen LogP contribution in [0.5, 0.6) is 0 Å². The number of hydrogen-bond acceptors (Lipinski definition) is 5. The molecule has 148 valence electrons. The Hall–Kier alpha value is -3.68. The maximum Gasteiger partial charge on any atom is 0.343 e. The standard InChI is InChI=1S/C21H15F3N2O3/c1-2-29-21(28)15(20(27)14-8-17(23)18(24)9-16(14)22)11-25-13-7-12-5-3-4-6-19(12)26-10-13/h3-11,27H,2H2,1H3/b20-15-,25-11?. The fraction of sp³-hybridized carbons (Fsp3) is 0.0952. The molecule has 1 heterocycles. The van der Waals surface area contributed by atoms with Crippen molar-refractivity contribution in [2.75, 3.05) is 6.61 Å². The topological polar surface area (TPSA) is 71.8 Å². The van der Waals surface area contributed by atoms with Crippen molar-refractivity contribution in [3.8, 4) is 0 Å². The number of carbonyl (C=O) groups is 1. The normalized spacial score (nSPS) is 12.3. The van der Waals surface area contributed by atoms with Crippen LogP contribution in [0.1, 0.15) is 12.5 Å². The highest BCUT2D eigenvalue weighted by atomic mass is 19.2. The quantitative estimate of drug-likeness (QED) is 0.218. The lowest BCUT2D eigenvalue weighted by molar-refractivity contribution is -0.137. The number of aliphatic hydroxyl groups excluding tert-OH is 1. The summed E-state index contributed by atoms with van der Waals surface area (Å²) in [6, 6.07) is 9.69. The van der Waals surface area contributed by atoms with Gasteiger partial charge in [-0.3, -0.25) is 9.98 Å². The lowest BCUT2D eigenvalue weighted by Gasteiger charge is -2.08. The molecule has 0 unspecified atom stereocenters. The Morgan fingerprint density at radius 1 is 1.14 bits per heavy atom. The molecule has 3 rings (SSSR count). The van der Waals surface area contributed by atoms with Gasteiger partial charge in [-0.2, -0.15) is 0 Å². The molecule has 0 amide bonds. The highest BCUT2D eigenvalue weighted by Gasteiger charge is 2.21. The van der Waals surface area contributed by atoms with E-state index in [1.54, 1.807) is 6.07 Å². The van der Waals surface area contributed by atoms with Crippen LogP contribution in [-0.2, 0) is 9.53 Å². The molecule has 3 aromatic rings. The van der Waals surface area contributed by atoms with Crippen molar-refractivity contribution in [2.45, 2.75) is 6.92 Å². The summed E-state index contributed by atoms with van der Waals surface area (Å²) in [5, 5.41) is 11.2. The zero-order chi connectivity index (χ0) is 21.0. The van der Waals surface area contributed by atoms with Crippen molar-refractivity contribution < 1.29 is 27.8 Å². The summed E-state index contributed by atoms with van der Waals surface area (Å²) >= 11 is 0. The predicted molar refractivity (Wildman–Crippen MR) is 102 cm³/mol. The van der Waals surface area contributed by atoms with Crippen LogP contribution in [-0.4, -0.2) is 28.9 Å². The van der Waals surface area contributed by atoms with Crippen molar-refractivity contribution in [1.82, 2.24) is 4.98 Å². The molecule has 1 N–H and O–H groups in total. The van der Waals surface area contributed by atoms with Gasteiger partial charge < -0.3 is 9.84 Å². The van der Waals surface area contributed by atoms with E-state index < -0.39 is 40.3 Å². The van der Waals surface area contributed by atoms with Crippen molar-refractivity contribution >= 4 is 34.5 Å². The highest BCUT2D eigenvalue weighted by molar-refractivity contribution is 6.15. The molecular weight excluding hydrogens is 385 g/mol. The van der Waals surface area contributed by atoms with Crippen LogP contribution >= 0.6 is 0 Å². The highest BCUT2D eigenvalue weighted by Crippen LogP contribution is 2.24. The summed E-state index contributed by atoms with van der Waals surface area (Å²) in [7, 11) is 0. The number of aromatic nitrogens is 1. The first kappa shape index (κ1) is 20.1. The van der Waals surface area contributed by atoms with E-state index in [2.05, 4.69) is 9.98 Å². The number of nitrogens with zero attached hydrogens (tertiary/aromatic N) is 2. The van der Waals surface area contributed by atoms with Gasteiger partial charge in [-0.1, -0.05) is 18.2 Å². The van der Waals surface area contributed by atoms with Gasteiger partial charge in [0, 0.05) is 17.7 Å². The third-order valence-electron chi connectivity index (χ3n) is 3.93. The molecule has 1 aromatic heterocycles. The molecule has 0 aliphatic carbocycles. The summed E-state index contributed by atoms with van der Waals surface area (Å²) in [6.45, 7) is 1.51. The average molecular weight is 400 g/mol. The summed E-state index contributed by atoms with van der Waals surface area (Å²) in [5.74, 6) is -5.99. The smallest absolute Gasteiger partial charge is 0.343 e. The van der Waals surface area contributed by atoms with Crippen LogP contribution < -0.4 is 0 Å². The van der Waals surface area contributed by atoms with Gasteiger partial charge in [0.15, 0.2) is 11.6 Å². The van der Waals surface area contributed by atoms with Crippen LogP contribution in [0.2, 0.25) is 0 Å². The third-order valence-corrected chi connectivity index (χ3v) is 3.93. The Morgan fingerprint density at radius 3 is 2.62 bits per heavy atom. The van der Waals surface area contributed by atoms with Gasteiger partial charge in [0.25, 0.3) is 0 Å². The van der Waals surface area contributed by atoms with E-state index in [1.807, 2.05) is 24.3 Å². The number of ether oxygens (including phenoxy) is 1. The van der Waals surface area contributed by atoms with E-state index in [1.165, 1.54) is 13.1 Å². The second-order valence-corrected chi connectivity index (χ2v) is 5.87. The Balaban J connectivity index is 2.06. The number of aliphatic imine (C=N–C) groups is 1. The molecule has 0 spiro atoms. The van der Waals surface area contributed by atoms with Gasteiger partial charge >= 0.3 is 5.97 Å². The molecule has 5 nitrogen and oxygen atoms in total. The van der Waals surface area contributed by atoms with Crippen molar-refractivity contribution in [1.29, 1.82) is 0 Å². The van der Waals surface area contributed by atoms with Gasteiger partial charge in [-0.15, -0.1) is 0 Å². The zero-order valence-electron chi connectivity index (χ0n) is 15.2. The molecular formula is C21H15F3N2O3. The number of hydrogen-bond donors (Lipinski definition) is 1.